The number of halogens is 2. The highest BCUT2D eigenvalue weighted by Crippen LogP contribution is 2.28. The molecular formula is C22H15ClFN5. The Morgan fingerprint density at radius 1 is 0.966 bits per heavy atom. The van der Waals surface area contributed by atoms with E-state index in [2.05, 4.69) is 15.6 Å². The Morgan fingerprint density at radius 3 is 2.62 bits per heavy atom. The van der Waals surface area contributed by atoms with Crippen LogP contribution in [0.4, 0.5) is 10.2 Å². The summed E-state index contributed by atoms with van der Waals surface area (Å²) in [6.07, 6.45) is 0. The largest absolute Gasteiger partial charge is 0.365 e. The molecule has 5 aromatic rings. The first-order valence-electron chi connectivity index (χ1n) is 9.07. The Balaban J connectivity index is 1.63. The van der Waals surface area contributed by atoms with Gasteiger partial charge in [-0.2, -0.15) is 4.52 Å². The molecule has 5 rings (SSSR count). The quantitative estimate of drug-likeness (QED) is 0.439. The summed E-state index contributed by atoms with van der Waals surface area (Å²) >= 11 is 5.97. The summed E-state index contributed by atoms with van der Waals surface area (Å²) in [7, 11) is 0. The average Bonchev–Trinajstić information content (AvgIpc) is 3.17. The second-order valence-electron chi connectivity index (χ2n) is 6.64. The summed E-state index contributed by atoms with van der Waals surface area (Å²) < 4.78 is 15.4. The monoisotopic (exact) mass is 403 g/mol. The molecule has 3 aromatic carbocycles. The van der Waals surface area contributed by atoms with Crippen LogP contribution in [0, 0.1) is 5.82 Å². The van der Waals surface area contributed by atoms with Gasteiger partial charge in [-0.25, -0.2) is 9.37 Å². The fraction of sp³-hybridized carbons (Fsp3) is 0.0455. The SMILES string of the molecule is Fc1cccc(-c2nnn3c2nc(NCc2ccc(Cl)cc2)c2ccccc23)c1. The molecule has 29 heavy (non-hydrogen) atoms. The highest BCUT2D eigenvalue weighted by Gasteiger charge is 2.16. The molecule has 0 aliphatic heterocycles. The number of para-hydroxylation sites is 1. The molecule has 2 heterocycles. The number of nitrogens with zero attached hydrogens (tertiary/aromatic N) is 4. The zero-order valence-corrected chi connectivity index (χ0v) is 15.9. The summed E-state index contributed by atoms with van der Waals surface area (Å²) in [6, 6.07) is 21.8. The molecule has 0 aliphatic carbocycles. The number of anilines is 1. The van der Waals surface area contributed by atoms with Gasteiger partial charge in [-0.1, -0.05) is 53.2 Å². The Bertz CT molecular complexity index is 1330. The molecular weight excluding hydrogens is 389 g/mol. The molecule has 0 saturated heterocycles. The number of rotatable bonds is 4. The van der Waals surface area contributed by atoms with Gasteiger partial charge in [0.05, 0.1) is 5.52 Å². The minimum absolute atomic E-state index is 0.328. The molecule has 142 valence electrons. The van der Waals surface area contributed by atoms with Crippen molar-refractivity contribution in [3.63, 3.8) is 0 Å². The summed E-state index contributed by atoms with van der Waals surface area (Å²) in [6.45, 7) is 0.585. The minimum atomic E-state index is -0.328. The van der Waals surface area contributed by atoms with Gasteiger partial charge in [0, 0.05) is 22.5 Å². The summed E-state index contributed by atoms with van der Waals surface area (Å²) in [4.78, 5) is 4.78. The van der Waals surface area contributed by atoms with Gasteiger partial charge in [-0.15, -0.1) is 5.10 Å². The van der Waals surface area contributed by atoms with E-state index in [1.807, 2.05) is 48.5 Å². The lowest BCUT2D eigenvalue weighted by Gasteiger charge is -2.10. The molecule has 0 amide bonds. The van der Waals surface area contributed by atoms with Crippen molar-refractivity contribution >= 4 is 34.0 Å². The standard InChI is InChI=1S/C22H15ClFN5/c23-16-10-8-14(9-11-16)13-25-21-18-6-1-2-7-19(18)29-22(26-21)20(27-28-29)15-4-3-5-17(24)12-15/h1-12H,13H2,(H,25,26). The molecule has 0 spiro atoms. The number of hydrogen-bond donors (Lipinski definition) is 1. The van der Waals surface area contributed by atoms with E-state index in [-0.39, 0.29) is 5.82 Å². The van der Waals surface area contributed by atoms with Gasteiger partial charge in [0.2, 0.25) is 0 Å². The van der Waals surface area contributed by atoms with Crippen LogP contribution in [-0.2, 0) is 6.54 Å². The topological polar surface area (TPSA) is 55.1 Å². The van der Waals surface area contributed by atoms with Crippen molar-refractivity contribution in [2.24, 2.45) is 0 Å². The van der Waals surface area contributed by atoms with Crippen molar-refractivity contribution in [3.8, 4) is 11.3 Å². The normalized spacial score (nSPS) is 11.2. The van der Waals surface area contributed by atoms with Gasteiger partial charge in [0.15, 0.2) is 5.65 Å². The minimum Gasteiger partial charge on any atom is -0.365 e. The number of fused-ring (bicyclic) bond motifs is 3. The molecule has 0 bridgehead atoms. The van der Waals surface area contributed by atoms with E-state index in [0.29, 0.717) is 34.3 Å². The first kappa shape index (κ1) is 17.6. The number of nitrogens with one attached hydrogen (secondary N) is 1. The fourth-order valence-electron chi connectivity index (χ4n) is 3.31. The van der Waals surface area contributed by atoms with Crippen LogP contribution in [0.3, 0.4) is 0 Å². The maximum absolute atomic E-state index is 13.7. The lowest BCUT2D eigenvalue weighted by atomic mass is 10.1. The molecule has 0 aliphatic rings. The first-order chi connectivity index (χ1) is 14.2. The first-order valence-corrected chi connectivity index (χ1v) is 9.45. The number of benzene rings is 3. The van der Waals surface area contributed by atoms with Crippen molar-refractivity contribution < 1.29 is 4.39 Å². The zero-order valence-electron chi connectivity index (χ0n) is 15.2. The van der Waals surface area contributed by atoms with Crippen LogP contribution in [0.1, 0.15) is 5.56 Å². The molecule has 0 fully saturated rings. The van der Waals surface area contributed by atoms with E-state index in [0.717, 1.165) is 16.5 Å². The highest BCUT2D eigenvalue weighted by molar-refractivity contribution is 6.30. The lowest BCUT2D eigenvalue weighted by molar-refractivity contribution is 0.628. The van der Waals surface area contributed by atoms with Crippen LogP contribution < -0.4 is 5.32 Å². The van der Waals surface area contributed by atoms with E-state index >= 15 is 0 Å². The van der Waals surface area contributed by atoms with Gasteiger partial charge < -0.3 is 5.32 Å². The molecule has 0 radical (unpaired) electrons. The van der Waals surface area contributed by atoms with E-state index in [4.69, 9.17) is 16.6 Å². The van der Waals surface area contributed by atoms with E-state index in [9.17, 15) is 4.39 Å². The van der Waals surface area contributed by atoms with E-state index in [1.54, 1.807) is 16.6 Å². The molecule has 5 nitrogen and oxygen atoms in total. The van der Waals surface area contributed by atoms with Crippen LogP contribution in [0.2, 0.25) is 5.02 Å². The Labute approximate surface area is 170 Å². The van der Waals surface area contributed by atoms with Crippen molar-refractivity contribution in [1.82, 2.24) is 19.8 Å². The molecule has 7 heteroatoms. The van der Waals surface area contributed by atoms with E-state index < -0.39 is 0 Å². The van der Waals surface area contributed by atoms with Crippen molar-refractivity contribution in [2.75, 3.05) is 5.32 Å². The van der Waals surface area contributed by atoms with Gasteiger partial charge in [-0.05, 0) is 42.0 Å². The summed E-state index contributed by atoms with van der Waals surface area (Å²) in [5.41, 5.74) is 3.67. The van der Waals surface area contributed by atoms with Crippen LogP contribution >= 0.6 is 11.6 Å². The Kier molecular flexibility index (Phi) is 4.33. The van der Waals surface area contributed by atoms with Gasteiger partial charge in [-0.3, -0.25) is 0 Å². The van der Waals surface area contributed by atoms with Crippen LogP contribution in [-0.4, -0.2) is 19.8 Å². The van der Waals surface area contributed by atoms with Crippen molar-refractivity contribution in [2.45, 2.75) is 6.54 Å². The third kappa shape index (κ3) is 3.28. The van der Waals surface area contributed by atoms with Crippen LogP contribution in [0.15, 0.2) is 72.8 Å². The third-order valence-electron chi connectivity index (χ3n) is 4.72. The second kappa shape index (κ2) is 7.14. The molecule has 1 N–H and O–H groups in total. The maximum Gasteiger partial charge on any atom is 0.186 e. The highest BCUT2D eigenvalue weighted by atomic mass is 35.5. The number of hydrogen-bond acceptors (Lipinski definition) is 4. The lowest BCUT2D eigenvalue weighted by Crippen LogP contribution is -2.05. The van der Waals surface area contributed by atoms with Gasteiger partial charge >= 0.3 is 0 Å². The average molecular weight is 404 g/mol. The smallest absolute Gasteiger partial charge is 0.186 e. The predicted octanol–water partition coefficient (Wildman–Crippen LogP) is 5.35. The van der Waals surface area contributed by atoms with Gasteiger partial charge in [0.25, 0.3) is 0 Å². The summed E-state index contributed by atoms with van der Waals surface area (Å²) in [5, 5.41) is 13.5. The van der Waals surface area contributed by atoms with Crippen LogP contribution in [0.25, 0.3) is 27.8 Å². The maximum atomic E-state index is 13.7. The molecule has 0 atom stereocenters. The molecule has 0 unspecified atom stereocenters. The predicted molar refractivity (Wildman–Crippen MR) is 112 cm³/mol. The number of aromatic nitrogens is 4. The van der Waals surface area contributed by atoms with Gasteiger partial charge in [0.1, 0.15) is 17.3 Å². The van der Waals surface area contributed by atoms with E-state index in [1.165, 1.54) is 12.1 Å². The van der Waals surface area contributed by atoms with Crippen molar-refractivity contribution in [1.29, 1.82) is 0 Å². The Morgan fingerprint density at radius 2 is 1.79 bits per heavy atom. The summed E-state index contributed by atoms with van der Waals surface area (Å²) in [5.74, 6) is 0.383. The molecule has 0 saturated carbocycles. The van der Waals surface area contributed by atoms with Crippen molar-refractivity contribution in [3.05, 3.63) is 89.2 Å². The zero-order chi connectivity index (χ0) is 19.8. The second-order valence-corrected chi connectivity index (χ2v) is 7.08. The fourth-order valence-corrected chi connectivity index (χ4v) is 3.44. The molecule has 2 aromatic heterocycles. The van der Waals surface area contributed by atoms with Crippen LogP contribution in [0.5, 0.6) is 0 Å². The Hall–Kier alpha value is -3.51. The third-order valence-corrected chi connectivity index (χ3v) is 4.97.